The van der Waals surface area contributed by atoms with Gasteiger partial charge < -0.3 is 28.5 Å². The zero-order valence-electron chi connectivity index (χ0n) is 37.8. The lowest BCUT2D eigenvalue weighted by molar-refractivity contribution is -0.870. The minimum Gasteiger partial charge on any atom is -0.477 e. The van der Waals surface area contributed by atoms with Gasteiger partial charge in [-0.3, -0.25) is 9.59 Å². The molecule has 0 fully saturated rings. The second kappa shape index (κ2) is 40.5. The van der Waals surface area contributed by atoms with E-state index in [0.717, 1.165) is 57.8 Å². The molecule has 0 aromatic carbocycles. The first kappa shape index (κ1) is 54.8. The van der Waals surface area contributed by atoms with Crippen molar-refractivity contribution in [2.75, 3.05) is 47.5 Å². The van der Waals surface area contributed by atoms with Crippen molar-refractivity contribution in [2.45, 2.75) is 219 Å². The highest BCUT2D eigenvalue weighted by atomic mass is 16.7. The molecule has 0 saturated heterocycles. The summed E-state index contributed by atoms with van der Waals surface area (Å²) in [5.74, 6) is -2.02. The molecule has 0 radical (unpaired) electrons. The molecule has 0 aromatic rings. The van der Waals surface area contributed by atoms with Crippen LogP contribution in [0.1, 0.15) is 206 Å². The van der Waals surface area contributed by atoms with Crippen LogP contribution in [0.4, 0.5) is 0 Å². The summed E-state index contributed by atoms with van der Waals surface area (Å²) in [7, 11) is 5.95. The fourth-order valence-electron chi connectivity index (χ4n) is 6.51. The fraction of sp³-hybridized carbons (Fsp3) is 0.854. The number of carboxylic acid groups (broad SMARTS) is 1. The number of aliphatic carboxylic acids is 1. The Bertz CT molecular complexity index is 991. The summed E-state index contributed by atoms with van der Waals surface area (Å²) < 4.78 is 22.7. The van der Waals surface area contributed by atoms with E-state index in [4.69, 9.17) is 18.9 Å². The van der Waals surface area contributed by atoms with Gasteiger partial charge in [-0.25, -0.2) is 4.79 Å². The van der Waals surface area contributed by atoms with E-state index in [2.05, 4.69) is 38.2 Å². The van der Waals surface area contributed by atoms with Crippen LogP contribution in [-0.2, 0) is 33.3 Å². The van der Waals surface area contributed by atoms with Crippen molar-refractivity contribution >= 4 is 17.9 Å². The first-order chi connectivity index (χ1) is 27.6. The van der Waals surface area contributed by atoms with Crippen molar-refractivity contribution in [3.05, 3.63) is 24.3 Å². The highest BCUT2D eigenvalue weighted by molar-refractivity contribution is 5.71. The Balaban J connectivity index is 4.40. The lowest BCUT2D eigenvalue weighted by atomic mass is 10.0. The smallest absolute Gasteiger partial charge is 0.361 e. The third-order valence-electron chi connectivity index (χ3n) is 10.2. The quantitative estimate of drug-likeness (QED) is 0.0213. The highest BCUT2D eigenvalue weighted by Crippen LogP contribution is 2.15. The molecule has 0 heterocycles. The Morgan fingerprint density at radius 2 is 0.947 bits per heavy atom. The maximum atomic E-state index is 12.8. The molecule has 0 rings (SSSR count). The number of carbonyl (C=O) groups is 3. The summed E-state index contributed by atoms with van der Waals surface area (Å²) in [5, 5.41) is 9.64. The summed E-state index contributed by atoms with van der Waals surface area (Å²) in [5.41, 5.74) is 0. The number of ether oxygens (including phenoxy) is 4. The van der Waals surface area contributed by atoms with E-state index in [0.29, 0.717) is 23.9 Å². The van der Waals surface area contributed by atoms with Crippen molar-refractivity contribution in [2.24, 2.45) is 0 Å². The molecule has 0 saturated carbocycles. The van der Waals surface area contributed by atoms with Gasteiger partial charge in [0.1, 0.15) is 13.2 Å². The number of rotatable bonds is 43. The van der Waals surface area contributed by atoms with E-state index in [9.17, 15) is 19.5 Å². The molecule has 2 unspecified atom stereocenters. The largest absolute Gasteiger partial charge is 0.477 e. The van der Waals surface area contributed by atoms with Gasteiger partial charge in [0, 0.05) is 12.8 Å². The number of nitrogens with zero attached hydrogens (tertiary/aromatic N) is 1. The standard InChI is InChI=1S/C48H89NO8/c1-6-8-10-12-14-16-18-20-22-23-25-26-28-30-32-34-36-38-45(50)55-42-44(43-56-48(47(52)53)54-41-40-49(3,4)5)57-46(51)39-37-35-33-31-29-27-24-21-19-17-15-13-11-9-7-2/h15,17,21,24,44,48H,6-14,16,18-20,22-23,25-43H2,1-5H3/p+1/b17-15-,24-21-. The van der Waals surface area contributed by atoms with Crippen LogP contribution in [0.15, 0.2) is 24.3 Å². The molecule has 9 nitrogen and oxygen atoms in total. The average Bonchev–Trinajstić information content (AvgIpc) is 3.17. The third kappa shape index (κ3) is 41.7. The van der Waals surface area contributed by atoms with Gasteiger partial charge in [0.05, 0.1) is 34.4 Å². The van der Waals surface area contributed by atoms with E-state index >= 15 is 0 Å². The lowest BCUT2D eigenvalue weighted by Gasteiger charge is -2.25. The molecule has 0 aliphatic carbocycles. The van der Waals surface area contributed by atoms with Gasteiger partial charge in [0.15, 0.2) is 6.10 Å². The number of carboxylic acids is 1. The molecule has 0 aromatic heterocycles. The van der Waals surface area contributed by atoms with Crippen molar-refractivity contribution in [3.8, 4) is 0 Å². The van der Waals surface area contributed by atoms with Crippen molar-refractivity contribution in [1.29, 1.82) is 0 Å². The van der Waals surface area contributed by atoms with Gasteiger partial charge in [-0.05, 0) is 44.9 Å². The van der Waals surface area contributed by atoms with Crippen LogP contribution in [0.5, 0.6) is 0 Å². The second-order valence-corrected chi connectivity index (χ2v) is 17.1. The molecule has 0 bridgehead atoms. The maximum absolute atomic E-state index is 12.8. The number of likely N-dealkylation sites (N-methyl/N-ethyl adjacent to an activating group) is 1. The Kier molecular flexibility index (Phi) is 39.0. The molecular formula is C48H90NO8+. The van der Waals surface area contributed by atoms with Gasteiger partial charge in [0.2, 0.25) is 0 Å². The van der Waals surface area contributed by atoms with E-state index in [1.165, 1.54) is 116 Å². The molecule has 334 valence electrons. The number of allylic oxidation sites excluding steroid dienone is 4. The van der Waals surface area contributed by atoms with Gasteiger partial charge in [-0.1, -0.05) is 173 Å². The normalized spacial score (nSPS) is 13.1. The van der Waals surface area contributed by atoms with Crippen LogP contribution in [0.2, 0.25) is 0 Å². The molecule has 0 spiro atoms. The third-order valence-corrected chi connectivity index (χ3v) is 10.2. The minimum absolute atomic E-state index is 0.184. The second-order valence-electron chi connectivity index (χ2n) is 17.1. The van der Waals surface area contributed by atoms with Crippen LogP contribution in [0.25, 0.3) is 0 Å². The number of carbonyl (C=O) groups excluding carboxylic acids is 2. The average molecular weight is 809 g/mol. The van der Waals surface area contributed by atoms with Gasteiger partial charge >= 0.3 is 17.9 Å². The Labute approximate surface area is 350 Å². The van der Waals surface area contributed by atoms with Crippen LogP contribution in [-0.4, -0.2) is 87.4 Å². The van der Waals surface area contributed by atoms with Crippen LogP contribution in [0, 0.1) is 0 Å². The summed E-state index contributed by atoms with van der Waals surface area (Å²) in [6, 6.07) is 0. The minimum atomic E-state index is -1.51. The number of quaternary nitrogens is 1. The molecule has 0 aliphatic heterocycles. The molecule has 2 atom stereocenters. The molecular weight excluding hydrogens is 719 g/mol. The van der Waals surface area contributed by atoms with Crippen molar-refractivity contribution < 1.29 is 42.9 Å². The molecule has 0 aliphatic rings. The summed E-state index contributed by atoms with van der Waals surface area (Å²) in [4.78, 5) is 37.1. The number of hydrogen-bond acceptors (Lipinski definition) is 7. The zero-order valence-corrected chi connectivity index (χ0v) is 37.8. The van der Waals surface area contributed by atoms with E-state index in [1.54, 1.807) is 0 Å². The monoisotopic (exact) mass is 809 g/mol. The van der Waals surface area contributed by atoms with Crippen molar-refractivity contribution in [1.82, 2.24) is 0 Å². The predicted molar refractivity (Wildman–Crippen MR) is 235 cm³/mol. The predicted octanol–water partition coefficient (Wildman–Crippen LogP) is 12.4. The van der Waals surface area contributed by atoms with Crippen LogP contribution >= 0.6 is 0 Å². The lowest BCUT2D eigenvalue weighted by Crippen LogP contribution is -2.40. The van der Waals surface area contributed by atoms with E-state index < -0.39 is 24.3 Å². The number of esters is 2. The summed E-state index contributed by atoms with van der Waals surface area (Å²) in [6.07, 6.45) is 40.9. The maximum Gasteiger partial charge on any atom is 0.361 e. The molecule has 57 heavy (non-hydrogen) atoms. The van der Waals surface area contributed by atoms with Crippen molar-refractivity contribution in [3.63, 3.8) is 0 Å². The zero-order chi connectivity index (χ0) is 42.1. The number of hydrogen-bond donors (Lipinski definition) is 1. The van der Waals surface area contributed by atoms with Gasteiger partial charge in [-0.15, -0.1) is 0 Å². The molecule has 0 amide bonds. The summed E-state index contributed by atoms with van der Waals surface area (Å²) >= 11 is 0. The van der Waals surface area contributed by atoms with E-state index in [1.807, 2.05) is 21.1 Å². The summed E-state index contributed by atoms with van der Waals surface area (Å²) in [6.45, 7) is 4.85. The van der Waals surface area contributed by atoms with E-state index in [-0.39, 0.29) is 32.2 Å². The topological polar surface area (TPSA) is 108 Å². The molecule has 9 heteroatoms. The van der Waals surface area contributed by atoms with Gasteiger partial charge in [0.25, 0.3) is 6.29 Å². The Morgan fingerprint density at radius 1 is 0.526 bits per heavy atom. The Morgan fingerprint density at radius 3 is 1.42 bits per heavy atom. The SMILES string of the molecule is CCCCC/C=C\C/C=C\CCCCCCCC(=O)OC(COC(=O)CCCCCCCCCCCCCCCCCCC)COC(OCC[N+](C)(C)C)C(=O)O. The first-order valence-corrected chi connectivity index (χ1v) is 23.5. The first-order valence-electron chi connectivity index (χ1n) is 23.5. The van der Waals surface area contributed by atoms with Crippen LogP contribution in [0.3, 0.4) is 0 Å². The highest BCUT2D eigenvalue weighted by Gasteiger charge is 2.25. The van der Waals surface area contributed by atoms with Gasteiger partial charge in [-0.2, -0.15) is 0 Å². The molecule has 1 N–H and O–H groups in total. The number of unbranched alkanes of at least 4 members (excludes halogenated alkanes) is 24. The van der Waals surface area contributed by atoms with Crippen LogP contribution < -0.4 is 0 Å². The Hall–Kier alpha value is -2.23. The fourth-order valence-corrected chi connectivity index (χ4v) is 6.51.